The lowest BCUT2D eigenvalue weighted by atomic mass is 9.65. The van der Waals surface area contributed by atoms with Crippen molar-refractivity contribution in [3.8, 4) is 11.9 Å². The first-order chi connectivity index (χ1) is 20.2. The van der Waals surface area contributed by atoms with Crippen LogP contribution >= 0.6 is 0 Å². The van der Waals surface area contributed by atoms with E-state index in [1.807, 2.05) is 0 Å². The predicted octanol–water partition coefficient (Wildman–Crippen LogP) is 4.36. The number of carbonyl (C=O) groups excluding carboxylic acids is 1. The Labute approximate surface area is 249 Å². The molecule has 2 saturated heterocycles. The van der Waals surface area contributed by atoms with E-state index in [0.717, 1.165) is 50.0 Å². The van der Waals surface area contributed by atoms with Gasteiger partial charge in [0.05, 0.1) is 5.56 Å². The predicted molar refractivity (Wildman–Crippen MR) is 162 cm³/mol. The largest absolute Gasteiger partial charge is 0.466 e. The molecule has 6 rings (SSSR count). The minimum Gasteiger partial charge on any atom is -0.466 e. The summed E-state index contributed by atoms with van der Waals surface area (Å²) >= 11 is 0. The van der Waals surface area contributed by atoms with Gasteiger partial charge in [-0.1, -0.05) is 44.7 Å². The first kappa shape index (κ1) is 28.5. The Hall–Kier alpha value is -3.64. The van der Waals surface area contributed by atoms with Crippen molar-refractivity contribution in [2.75, 3.05) is 51.3 Å². The molecule has 9 heteroatoms. The third kappa shape index (κ3) is 5.11. The monoisotopic (exact) mass is 570 g/mol. The topological polar surface area (TPSA) is 75.4 Å². The summed E-state index contributed by atoms with van der Waals surface area (Å²) in [5.74, 6) is 1.26. The molecule has 42 heavy (non-hydrogen) atoms. The molecule has 3 atom stereocenters. The maximum atomic E-state index is 12.6. The van der Waals surface area contributed by atoms with E-state index in [1.54, 1.807) is 4.90 Å². The third-order valence-electron chi connectivity index (χ3n) is 9.92. The van der Waals surface area contributed by atoms with Gasteiger partial charge in [0.1, 0.15) is 24.1 Å². The molecule has 0 bridgehead atoms. The Morgan fingerprint density at radius 3 is 2.71 bits per heavy atom. The van der Waals surface area contributed by atoms with Crippen LogP contribution in [0.2, 0.25) is 0 Å². The van der Waals surface area contributed by atoms with Gasteiger partial charge in [0.2, 0.25) is 18.3 Å². The lowest BCUT2D eigenvalue weighted by Gasteiger charge is -2.47. The number of hydrogen-bond acceptors (Lipinski definition) is 7. The van der Waals surface area contributed by atoms with Crippen LogP contribution in [0.15, 0.2) is 36.9 Å². The van der Waals surface area contributed by atoms with Crippen LogP contribution in [0, 0.1) is 6.57 Å². The van der Waals surface area contributed by atoms with Crippen LogP contribution in [-0.2, 0) is 22.2 Å². The van der Waals surface area contributed by atoms with E-state index in [0.29, 0.717) is 44.2 Å². The molecule has 9 nitrogen and oxygen atoms in total. The molecule has 222 valence electrons. The Bertz CT molecular complexity index is 1400. The summed E-state index contributed by atoms with van der Waals surface area (Å²) in [6.45, 7) is 19.2. The molecule has 3 aliphatic heterocycles. The quantitative estimate of drug-likeness (QED) is 0.377. The molecule has 1 spiro atoms. The third-order valence-corrected chi connectivity index (χ3v) is 9.92. The van der Waals surface area contributed by atoms with Crippen LogP contribution in [0.3, 0.4) is 0 Å². The minimum atomic E-state index is -0.435. The van der Waals surface area contributed by atoms with E-state index in [2.05, 4.69) is 66.4 Å². The van der Waals surface area contributed by atoms with E-state index < -0.39 is 5.60 Å². The molecule has 4 aliphatic rings. The maximum absolute atomic E-state index is 12.6. The van der Waals surface area contributed by atoms with Gasteiger partial charge >= 0.3 is 6.01 Å². The highest BCUT2D eigenvalue weighted by molar-refractivity contribution is 5.87. The number of benzene rings is 1. The number of hydrogen-bond donors (Lipinski definition) is 0. The number of rotatable bonds is 6. The van der Waals surface area contributed by atoms with Gasteiger partial charge in [-0.05, 0) is 74.7 Å². The molecule has 1 aromatic heterocycles. The van der Waals surface area contributed by atoms with E-state index >= 15 is 0 Å². The van der Waals surface area contributed by atoms with Crippen molar-refractivity contribution in [2.45, 2.75) is 75.5 Å². The van der Waals surface area contributed by atoms with Crippen molar-refractivity contribution >= 4 is 11.7 Å². The fourth-order valence-corrected chi connectivity index (χ4v) is 7.32. The average molecular weight is 571 g/mol. The van der Waals surface area contributed by atoms with Crippen molar-refractivity contribution in [3.05, 3.63) is 65.0 Å². The van der Waals surface area contributed by atoms with Crippen LogP contribution in [0.25, 0.3) is 4.85 Å². The molecule has 0 radical (unpaired) electrons. The molecule has 1 aromatic carbocycles. The van der Waals surface area contributed by atoms with Crippen LogP contribution in [-0.4, -0.2) is 84.1 Å². The second-order valence-electron chi connectivity index (χ2n) is 12.9. The zero-order valence-electron chi connectivity index (χ0n) is 25.1. The van der Waals surface area contributed by atoms with E-state index in [4.69, 9.17) is 26.0 Å². The second-order valence-corrected chi connectivity index (χ2v) is 12.9. The second kappa shape index (κ2) is 11.2. The standard InChI is InChI=1S/C33H42N6O3/c1-6-28(40)39-19-18-38(21-24(39)20-34-4)29-25-13-14-33(16-15-32(2,3)26-11-7-8-12-27(26)33)42-30(25)36-31(35-29)41-22-23-10-9-17-37(23)5/h6-8,11-12,23-24H,1,9-10,13-22H2,2-3,5H3/t23-,24-,33?/m0/s1. The zero-order chi connectivity index (χ0) is 29.5. The molecule has 0 N–H and O–H groups in total. The number of carbonyl (C=O) groups is 1. The lowest BCUT2D eigenvalue weighted by Crippen LogP contribution is -2.56. The number of piperazine rings is 1. The van der Waals surface area contributed by atoms with Crippen LogP contribution in [0.1, 0.15) is 62.6 Å². The van der Waals surface area contributed by atoms with Crippen molar-refractivity contribution in [3.63, 3.8) is 0 Å². The van der Waals surface area contributed by atoms with Crippen molar-refractivity contribution in [1.82, 2.24) is 19.8 Å². The van der Waals surface area contributed by atoms with Gasteiger partial charge in [-0.25, -0.2) is 6.57 Å². The molecule has 2 aromatic rings. The van der Waals surface area contributed by atoms with Crippen LogP contribution in [0.5, 0.6) is 11.9 Å². The number of ether oxygens (including phenoxy) is 2. The van der Waals surface area contributed by atoms with Gasteiger partial charge in [0, 0.05) is 25.7 Å². The fourth-order valence-electron chi connectivity index (χ4n) is 7.32. The summed E-state index contributed by atoms with van der Waals surface area (Å²) in [5.41, 5.74) is 3.24. The highest BCUT2D eigenvalue weighted by Crippen LogP contribution is 2.52. The molecule has 1 aliphatic carbocycles. The Morgan fingerprint density at radius 2 is 1.98 bits per heavy atom. The summed E-state index contributed by atoms with van der Waals surface area (Å²) in [4.78, 5) is 32.3. The van der Waals surface area contributed by atoms with Gasteiger partial charge < -0.3 is 29.0 Å². The molecular weight excluding hydrogens is 528 g/mol. The van der Waals surface area contributed by atoms with Gasteiger partial charge in [-0.2, -0.15) is 9.97 Å². The summed E-state index contributed by atoms with van der Waals surface area (Å²) in [6.07, 6.45) is 7.18. The van der Waals surface area contributed by atoms with Crippen LogP contribution < -0.4 is 14.4 Å². The number of aromatic nitrogens is 2. The summed E-state index contributed by atoms with van der Waals surface area (Å²) in [7, 11) is 2.14. The van der Waals surface area contributed by atoms with E-state index in [1.165, 1.54) is 23.6 Å². The normalized spacial score (nSPS) is 26.6. The molecule has 1 unspecified atom stereocenters. The van der Waals surface area contributed by atoms with Crippen molar-refractivity contribution in [2.24, 2.45) is 0 Å². The Kier molecular flexibility index (Phi) is 7.61. The number of nitrogens with zero attached hydrogens (tertiary/aromatic N) is 6. The number of amides is 1. The molecular formula is C33H42N6O3. The highest BCUT2D eigenvalue weighted by atomic mass is 16.5. The number of likely N-dealkylation sites (N-methyl/N-ethyl adjacent to an activating group) is 1. The highest BCUT2D eigenvalue weighted by Gasteiger charge is 2.48. The summed E-state index contributed by atoms with van der Waals surface area (Å²) in [5, 5.41) is 0. The lowest BCUT2D eigenvalue weighted by molar-refractivity contribution is -0.128. The van der Waals surface area contributed by atoms with E-state index in [-0.39, 0.29) is 23.9 Å². The van der Waals surface area contributed by atoms with Gasteiger partial charge in [0.15, 0.2) is 0 Å². The Morgan fingerprint density at radius 1 is 1.17 bits per heavy atom. The first-order valence-electron chi connectivity index (χ1n) is 15.3. The molecule has 2 fully saturated rings. The number of fused-ring (bicyclic) bond motifs is 3. The van der Waals surface area contributed by atoms with Gasteiger partial charge in [-0.3, -0.25) is 4.79 Å². The van der Waals surface area contributed by atoms with Crippen molar-refractivity contribution in [1.29, 1.82) is 0 Å². The SMILES string of the molecule is [C-]#[N+]C[C@H]1CN(c2nc(OC[C@@H]3CCCN3C)nc3c2CCC2(CCC(C)(C)c4ccccc42)O3)CCN1C(=O)C=C. The Balaban J connectivity index is 1.36. The molecule has 1 amide bonds. The molecule has 0 saturated carbocycles. The summed E-state index contributed by atoms with van der Waals surface area (Å²) < 4.78 is 13.3. The number of anilines is 1. The van der Waals surface area contributed by atoms with Gasteiger partial charge in [0.25, 0.3) is 0 Å². The average Bonchev–Trinajstić information content (AvgIpc) is 3.42. The smallest absolute Gasteiger partial charge is 0.321 e. The van der Waals surface area contributed by atoms with Gasteiger partial charge in [-0.15, -0.1) is 0 Å². The summed E-state index contributed by atoms with van der Waals surface area (Å²) in [6, 6.07) is 9.13. The number of likely N-dealkylation sites (tertiary alicyclic amines) is 1. The zero-order valence-corrected chi connectivity index (χ0v) is 25.1. The maximum Gasteiger partial charge on any atom is 0.321 e. The van der Waals surface area contributed by atoms with Crippen LogP contribution in [0.4, 0.5) is 5.82 Å². The fraction of sp³-hybridized carbons (Fsp3) is 0.576. The molecule has 4 heterocycles. The minimum absolute atomic E-state index is 0.0877. The first-order valence-corrected chi connectivity index (χ1v) is 15.3. The van der Waals surface area contributed by atoms with E-state index in [9.17, 15) is 4.79 Å². The van der Waals surface area contributed by atoms with Crippen molar-refractivity contribution < 1.29 is 14.3 Å².